The van der Waals surface area contributed by atoms with Crippen LogP contribution in [0.15, 0.2) is 36.4 Å². The molecule has 1 atom stereocenters. The van der Waals surface area contributed by atoms with Gasteiger partial charge in [0.1, 0.15) is 12.0 Å². The minimum Gasteiger partial charge on any atom is -0.373 e. The molecule has 0 saturated heterocycles. The predicted octanol–water partition coefficient (Wildman–Crippen LogP) is 2.99. The second-order valence-electron chi connectivity index (χ2n) is 4.97. The molecular formula is C15H15ClFNO3S. The fourth-order valence-electron chi connectivity index (χ4n) is 2.05. The average Bonchev–Trinajstić information content (AvgIpc) is 2.41. The lowest BCUT2D eigenvalue weighted by molar-refractivity contribution is 0.167. The Hall–Kier alpha value is -1.47. The fraction of sp³-hybridized carbons (Fsp3) is 0.200. The highest BCUT2D eigenvalue weighted by molar-refractivity contribution is 7.88. The predicted molar refractivity (Wildman–Crippen MR) is 84.5 cm³/mol. The third-order valence-electron chi connectivity index (χ3n) is 3.11. The van der Waals surface area contributed by atoms with Gasteiger partial charge in [0.25, 0.3) is 0 Å². The van der Waals surface area contributed by atoms with E-state index in [4.69, 9.17) is 11.6 Å². The molecule has 0 fully saturated rings. The lowest BCUT2D eigenvalue weighted by atomic mass is 10.00. The second-order valence-corrected chi connectivity index (χ2v) is 7.16. The van der Waals surface area contributed by atoms with Crippen LogP contribution in [0.1, 0.15) is 17.4 Å². The van der Waals surface area contributed by atoms with Gasteiger partial charge in [0.2, 0.25) is 10.0 Å². The van der Waals surface area contributed by atoms with Gasteiger partial charge in [-0.3, -0.25) is 0 Å². The fourth-order valence-corrected chi connectivity index (χ4v) is 2.81. The maximum atomic E-state index is 14.2. The summed E-state index contributed by atoms with van der Waals surface area (Å²) in [5.41, 5.74) is 1.41. The first-order valence-corrected chi connectivity index (χ1v) is 8.66. The molecular weight excluding hydrogens is 329 g/mol. The van der Waals surface area contributed by atoms with Crippen LogP contribution in [0.2, 0.25) is 5.02 Å². The molecule has 118 valence electrons. The van der Waals surface area contributed by atoms with Crippen LogP contribution in [0.3, 0.4) is 0 Å². The zero-order valence-corrected chi connectivity index (χ0v) is 13.5. The molecule has 4 nitrogen and oxygen atoms in total. The molecule has 0 aliphatic rings. The van der Waals surface area contributed by atoms with E-state index in [1.165, 1.54) is 18.2 Å². The van der Waals surface area contributed by atoms with Crippen molar-refractivity contribution in [2.45, 2.75) is 13.2 Å². The third kappa shape index (κ3) is 3.84. The number of sulfonamides is 1. The van der Waals surface area contributed by atoms with Gasteiger partial charge < -0.3 is 5.11 Å². The maximum Gasteiger partial charge on any atom is 0.211 e. The van der Waals surface area contributed by atoms with Crippen LogP contribution in [0.25, 0.3) is 11.1 Å². The van der Waals surface area contributed by atoms with E-state index in [0.717, 1.165) is 6.26 Å². The van der Waals surface area contributed by atoms with Crippen LogP contribution in [0.4, 0.5) is 4.39 Å². The number of nitrogens with one attached hydrogen (secondary N) is 1. The molecule has 2 N–H and O–H groups in total. The summed E-state index contributed by atoms with van der Waals surface area (Å²) in [5, 5.41) is 10.2. The molecule has 2 aromatic carbocycles. The molecule has 0 aromatic heterocycles. The summed E-state index contributed by atoms with van der Waals surface area (Å²) in [6.07, 6.45) is -0.494. The lowest BCUT2D eigenvalue weighted by Gasteiger charge is -2.14. The third-order valence-corrected chi connectivity index (χ3v) is 4.09. The highest BCUT2D eigenvalue weighted by atomic mass is 35.5. The summed E-state index contributed by atoms with van der Waals surface area (Å²) in [6.45, 7) is 1.64. The van der Waals surface area contributed by atoms with E-state index < -0.39 is 22.1 Å². The van der Waals surface area contributed by atoms with Gasteiger partial charge in [0.15, 0.2) is 0 Å². The minimum atomic E-state index is -3.58. The summed E-state index contributed by atoms with van der Waals surface area (Å²) in [4.78, 5) is 0. The molecule has 1 unspecified atom stereocenters. The first-order chi connectivity index (χ1) is 10.2. The van der Waals surface area contributed by atoms with Gasteiger partial charge in [0, 0.05) is 16.1 Å². The van der Waals surface area contributed by atoms with Gasteiger partial charge in [-0.2, -0.15) is 4.72 Å². The van der Waals surface area contributed by atoms with E-state index in [-0.39, 0.29) is 5.56 Å². The Kier molecular flexibility index (Phi) is 4.87. The summed E-state index contributed by atoms with van der Waals surface area (Å²) >= 11 is 6.11. The Balaban J connectivity index is 2.50. The number of benzene rings is 2. The van der Waals surface area contributed by atoms with E-state index >= 15 is 0 Å². The summed E-state index contributed by atoms with van der Waals surface area (Å²) in [7, 11) is -3.58. The Morgan fingerprint density at radius 1 is 1.23 bits per heavy atom. The molecule has 2 rings (SSSR count). The van der Waals surface area contributed by atoms with Gasteiger partial charge in [-0.15, -0.1) is 0 Å². The lowest BCUT2D eigenvalue weighted by Crippen LogP contribution is -2.27. The Bertz CT molecular complexity index is 808. The van der Waals surface area contributed by atoms with Gasteiger partial charge in [-0.1, -0.05) is 35.9 Å². The van der Waals surface area contributed by atoms with Gasteiger partial charge in [-0.05, 0) is 30.2 Å². The minimum absolute atomic E-state index is 0.269. The van der Waals surface area contributed by atoms with Crippen molar-refractivity contribution in [1.29, 1.82) is 0 Å². The molecule has 0 aliphatic carbocycles. The Morgan fingerprint density at radius 2 is 1.91 bits per heavy atom. The summed E-state index contributed by atoms with van der Waals surface area (Å²) in [6, 6.07) is 9.33. The molecule has 22 heavy (non-hydrogen) atoms. The first-order valence-electron chi connectivity index (χ1n) is 6.39. The van der Waals surface area contributed by atoms with Crippen molar-refractivity contribution in [3.05, 3.63) is 58.4 Å². The monoisotopic (exact) mass is 343 g/mol. The number of hydrogen-bond donors (Lipinski definition) is 2. The molecule has 7 heteroatoms. The first kappa shape index (κ1) is 16.9. The van der Waals surface area contributed by atoms with Crippen molar-refractivity contribution in [3.8, 4) is 11.1 Å². The quantitative estimate of drug-likeness (QED) is 0.839. The number of halogens is 2. The second kappa shape index (κ2) is 6.34. The van der Waals surface area contributed by atoms with Crippen LogP contribution in [-0.2, 0) is 10.0 Å². The van der Waals surface area contributed by atoms with E-state index in [9.17, 15) is 17.9 Å². The Labute approximate surface area is 133 Å². The standard InChI is InChI=1S/C15H15ClFNO3S/c1-9-4-3-5-11(14(9)17)12-8-10(6-7-13(12)16)15(19)18-22(2,20)21/h3-8,15,18-19H,1-2H3. The van der Waals surface area contributed by atoms with E-state index in [2.05, 4.69) is 4.72 Å². The zero-order chi connectivity index (χ0) is 16.5. The average molecular weight is 344 g/mol. The van der Waals surface area contributed by atoms with Crippen LogP contribution in [-0.4, -0.2) is 19.8 Å². The maximum absolute atomic E-state index is 14.2. The van der Waals surface area contributed by atoms with Crippen LogP contribution in [0, 0.1) is 12.7 Å². The number of aliphatic hydroxyl groups excluding tert-OH is 1. The van der Waals surface area contributed by atoms with Crippen LogP contribution >= 0.6 is 11.6 Å². The molecule has 2 aromatic rings. The van der Waals surface area contributed by atoms with Gasteiger partial charge >= 0.3 is 0 Å². The molecule has 0 aliphatic heterocycles. The van der Waals surface area contributed by atoms with Crippen molar-refractivity contribution in [1.82, 2.24) is 4.72 Å². The molecule has 0 spiro atoms. The largest absolute Gasteiger partial charge is 0.373 e. The van der Waals surface area contributed by atoms with E-state index in [0.29, 0.717) is 21.7 Å². The van der Waals surface area contributed by atoms with Crippen LogP contribution < -0.4 is 4.72 Å². The van der Waals surface area contributed by atoms with Gasteiger partial charge in [-0.25, -0.2) is 12.8 Å². The van der Waals surface area contributed by atoms with Crippen molar-refractivity contribution in [3.63, 3.8) is 0 Å². The van der Waals surface area contributed by atoms with E-state index in [1.54, 1.807) is 25.1 Å². The highest BCUT2D eigenvalue weighted by Crippen LogP contribution is 2.33. The number of aryl methyl sites for hydroxylation is 1. The van der Waals surface area contributed by atoms with Gasteiger partial charge in [0.05, 0.1) is 6.26 Å². The van der Waals surface area contributed by atoms with Crippen molar-refractivity contribution >= 4 is 21.6 Å². The summed E-state index contributed by atoms with van der Waals surface area (Å²) in [5.74, 6) is -0.410. The molecule has 0 saturated carbocycles. The van der Waals surface area contributed by atoms with E-state index in [1.807, 2.05) is 0 Å². The number of rotatable bonds is 4. The smallest absolute Gasteiger partial charge is 0.211 e. The zero-order valence-electron chi connectivity index (χ0n) is 12.0. The topological polar surface area (TPSA) is 66.4 Å². The van der Waals surface area contributed by atoms with Crippen LogP contribution in [0.5, 0.6) is 0 Å². The molecule has 0 heterocycles. The molecule has 0 radical (unpaired) electrons. The summed E-state index contributed by atoms with van der Waals surface area (Å²) < 4.78 is 38.6. The highest BCUT2D eigenvalue weighted by Gasteiger charge is 2.16. The van der Waals surface area contributed by atoms with Crippen molar-refractivity contribution in [2.24, 2.45) is 0 Å². The normalized spacial score (nSPS) is 13.1. The van der Waals surface area contributed by atoms with Crippen molar-refractivity contribution in [2.75, 3.05) is 6.26 Å². The number of aliphatic hydroxyl groups is 1. The molecule has 0 bridgehead atoms. The SMILES string of the molecule is Cc1cccc(-c2cc(C(O)NS(C)(=O)=O)ccc2Cl)c1F. The number of hydrogen-bond acceptors (Lipinski definition) is 3. The van der Waals surface area contributed by atoms with Crippen molar-refractivity contribution < 1.29 is 17.9 Å². The Morgan fingerprint density at radius 3 is 2.55 bits per heavy atom. The molecule has 0 amide bonds.